The smallest absolute Gasteiger partial charge is 0.327 e. The molecule has 100 valence electrons. The van der Waals surface area contributed by atoms with E-state index in [0.29, 0.717) is 0 Å². The van der Waals surface area contributed by atoms with Crippen molar-refractivity contribution in [1.29, 1.82) is 0 Å². The fourth-order valence-electron chi connectivity index (χ4n) is 1.72. The van der Waals surface area contributed by atoms with E-state index in [4.69, 9.17) is 9.47 Å². The lowest BCUT2D eigenvalue weighted by Crippen LogP contribution is -2.30. The van der Waals surface area contributed by atoms with E-state index < -0.39 is 6.04 Å². The minimum atomic E-state index is -0.390. The predicted octanol–water partition coefficient (Wildman–Crippen LogP) is 1.92. The SMILES string of the molecule is COCCCCNC(C(=O)OC)c1ccccc1. The number of unbranched alkanes of at least 4 members (excludes halogenated alkanes) is 1. The summed E-state index contributed by atoms with van der Waals surface area (Å²) in [7, 11) is 3.10. The first-order valence-corrected chi connectivity index (χ1v) is 6.14. The highest BCUT2D eigenvalue weighted by Gasteiger charge is 2.19. The zero-order valence-corrected chi connectivity index (χ0v) is 11.0. The van der Waals surface area contributed by atoms with Gasteiger partial charge in [-0.05, 0) is 24.9 Å². The van der Waals surface area contributed by atoms with Crippen molar-refractivity contribution in [2.24, 2.45) is 0 Å². The first-order chi connectivity index (χ1) is 8.79. The third-order valence-corrected chi connectivity index (χ3v) is 2.69. The highest BCUT2D eigenvalue weighted by molar-refractivity contribution is 5.77. The summed E-state index contributed by atoms with van der Waals surface area (Å²) in [6.45, 7) is 1.51. The summed E-state index contributed by atoms with van der Waals surface area (Å²) < 4.78 is 9.80. The van der Waals surface area contributed by atoms with Gasteiger partial charge in [-0.3, -0.25) is 0 Å². The van der Waals surface area contributed by atoms with Gasteiger partial charge in [0.15, 0.2) is 0 Å². The van der Waals surface area contributed by atoms with Gasteiger partial charge < -0.3 is 14.8 Å². The van der Waals surface area contributed by atoms with Gasteiger partial charge in [0, 0.05) is 13.7 Å². The Balaban J connectivity index is 2.50. The number of rotatable bonds is 8. The lowest BCUT2D eigenvalue weighted by molar-refractivity contribution is -0.143. The summed E-state index contributed by atoms with van der Waals surface area (Å²) in [5.41, 5.74) is 0.927. The molecule has 0 amide bonds. The highest BCUT2D eigenvalue weighted by atomic mass is 16.5. The molecule has 0 fully saturated rings. The Kier molecular flexibility index (Phi) is 7.06. The summed E-state index contributed by atoms with van der Waals surface area (Å²) >= 11 is 0. The lowest BCUT2D eigenvalue weighted by atomic mass is 10.1. The van der Waals surface area contributed by atoms with Crippen molar-refractivity contribution in [2.45, 2.75) is 18.9 Å². The van der Waals surface area contributed by atoms with Crippen molar-refractivity contribution >= 4 is 5.97 Å². The molecule has 0 saturated heterocycles. The summed E-state index contributed by atoms with van der Waals surface area (Å²) in [4.78, 5) is 11.7. The maximum Gasteiger partial charge on any atom is 0.327 e. The minimum absolute atomic E-state index is 0.257. The molecule has 0 saturated carbocycles. The van der Waals surface area contributed by atoms with Gasteiger partial charge in [0.05, 0.1) is 7.11 Å². The second kappa shape index (κ2) is 8.66. The van der Waals surface area contributed by atoms with Crippen molar-refractivity contribution in [2.75, 3.05) is 27.4 Å². The monoisotopic (exact) mass is 251 g/mol. The first kappa shape index (κ1) is 14.7. The normalized spacial score (nSPS) is 12.1. The number of carbonyl (C=O) groups is 1. The van der Waals surface area contributed by atoms with Crippen molar-refractivity contribution in [3.05, 3.63) is 35.9 Å². The van der Waals surface area contributed by atoms with Gasteiger partial charge in [-0.25, -0.2) is 4.79 Å². The lowest BCUT2D eigenvalue weighted by Gasteiger charge is -2.16. The molecule has 1 rings (SSSR count). The molecule has 0 aliphatic heterocycles. The quantitative estimate of drug-likeness (QED) is 0.566. The molecular weight excluding hydrogens is 230 g/mol. The molecule has 1 N–H and O–H groups in total. The topological polar surface area (TPSA) is 47.6 Å². The number of hydrogen-bond donors (Lipinski definition) is 1. The third kappa shape index (κ3) is 4.85. The van der Waals surface area contributed by atoms with E-state index in [9.17, 15) is 4.79 Å². The van der Waals surface area contributed by atoms with Gasteiger partial charge in [0.1, 0.15) is 6.04 Å². The van der Waals surface area contributed by atoms with E-state index in [1.54, 1.807) is 7.11 Å². The Morgan fingerprint density at radius 2 is 1.94 bits per heavy atom. The standard InChI is InChI=1S/C14H21NO3/c1-17-11-7-6-10-15-13(14(16)18-2)12-8-4-3-5-9-12/h3-5,8-9,13,15H,6-7,10-11H2,1-2H3. The second-order valence-corrected chi connectivity index (χ2v) is 4.02. The van der Waals surface area contributed by atoms with Gasteiger partial charge in [-0.2, -0.15) is 0 Å². The Hall–Kier alpha value is -1.39. The average molecular weight is 251 g/mol. The van der Waals surface area contributed by atoms with Crippen LogP contribution in [0.1, 0.15) is 24.4 Å². The number of benzene rings is 1. The zero-order valence-electron chi connectivity index (χ0n) is 11.0. The second-order valence-electron chi connectivity index (χ2n) is 4.02. The van der Waals surface area contributed by atoms with Crippen LogP contribution in [0.5, 0.6) is 0 Å². The van der Waals surface area contributed by atoms with Crippen LogP contribution in [0.3, 0.4) is 0 Å². The van der Waals surface area contributed by atoms with Crippen LogP contribution in [-0.2, 0) is 14.3 Å². The Morgan fingerprint density at radius 3 is 2.56 bits per heavy atom. The molecule has 0 heterocycles. The molecule has 1 atom stereocenters. The molecule has 1 unspecified atom stereocenters. The van der Waals surface area contributed by atoms with Crippen LogP contribution >= 0.6 is 0 Å². The Labute approximate surface area is 108 Å². The van der Waals surface area contributed by atoms with Crippen LogP contribution in [0.25, 0.3) is 0 Å². The molecular formula is C14H21NO3. The van der Waals surface area contributed by atoms with Crippen LogP contribution in [0.2, 0.25) is 0 Å². The van der Waals surface area contributed by atoms with Gasteiger partial charge in [-0.15, -0.1) is 0 Å². The molecule has 0 aliphatic carbocycles. The molecule has 0 aromatic heterocycles. The molecule has 0 radical (unpaired) electrons. The minimum Gasteiger partial charge on any atom is -0.468 e. The van der Waals surface area contributed by atoms with Crippen molar-refractivity contribution in [3.63, 3.8) is 0 Å². The molecule has 1 aromatic carbocycles. The molecule has 1 aromatic rings. The summed E-state index contributed by atoms with van der Waals surface area (Å²) in [5.74, 6) is -0.257. The van der Waals surface area contributed by atoms with Crippen LogP contribution in [0.4, 0.5) is 0 Å². The van der Waals surface area contributed by atoms with Crippen molar-refractivity contribution < 1.29 is 14.3 Å². The summed E-state index contributed by atoms with van der Waals surface area (Å²) in [6.07, 6.45) is 1.94. The number of carbonyl (C=O) groups excluding carboxylic acids is 1. The van der Waals surface area contributed by atoms with Crippen LogP contribution in [0, 0.1) is 0 Å². The van der Waals surface area contributed by atoms with E-state index in [1.165, 1.54) is 7.11 Å². The fourth-order valence-corrected chi connectivity index (χ4v) is 1.72. The predicted molar refractivity (Wildman–Crippen MR) is 70.3 cm³/mol. The molecule has 4 nitrogen and oxygen atoms in total. The van der Waals surface area contributed by atoms with E-state index in [-0.39, 0.29) is 5.97 Å². The van der Waals surface area contributed by atoms with Crippen LogP contribution in [-0.4, -0.2) is 33.3 Å². The van der Waals surface area contributed by atoms with Gasteiger partial charge in [0.25, 0.3) is 0 Å². The first-order valence-electron chi connectivity index (χ1n) is 6.14. The van der Waals surface area contributed by atoms with Crippen LogP contribution < -0.4 is 5.32 Å². The largest absolute Gasteiger partial charge is 0.468 e. The van der Waals surface area contributed by atoms with Crippen LogP contribution in [0.15, 0.2) is 30.3 Å². The maximum absolute atomic E-state index is 11.7. The number of nitrogens with one attached hydrogen (secondary N) is 1. The van der Waals surface area contributed by atoms with E-state index in [1.807, 2.05) is 30.3 Å². The molecule has 0 spiro atoms. The fraction of sp³-hybridized carbons (Fsp3) is 0.500. The summed E-state index contributed by atoms with van der Waals surface area (Å²) in [5, 5.41) is 3.22. The number of methoxy groups -OCH3 is 2. The van der Waals surface area contributed by atoms with Gasteiger partial charge in [-0.1, -0.05) is 30.3 Å². The highest BCUT2D eigenvalue weighted by Crippen LogP contribution is 2.13. The maximum atomic E-state index is 11.7. The van der Waals surface area contributed by atoms with E-state index in [2.05, 4.69) is 5.32 Å². The number of hydrogen-bond acceptors (Lipinski definition) is 4. The molecule has 18 heavy (non-hydrogen) atoms. The Bertz CT molecular complexity index is 340. The van der Waals surface area contributed by atoms with E-state index in [0.717, 1.165) is 31.6 Å². The molecule has 0 aliphatic rings. The van der Waals surface area contributed by atoms with Crippen molar-refractivity contribution in [1.82, 2.24) is 5.32 Å². The number of ether oxygens (including phenoxy) is 2. The van der Waals surface area contributed by atoms with E-state index >= 15 is 0 Å². The summed E-state index contributed by atoms with van der Waals surface area (Å²) in [6, 6.07) is 9.21. The third-order valence-electron chi connectivity index (χ3n) is 2.69. The zero-order chi connectivity index (χ0) is 13.2. The van der Waals surface area contributed by atoms with Gasteiger partial charge >= 0.3 is 5.97 Å². The Morgan fingerprint density at radius 1 is 1.22 bits per heavy atom. The molecule has 0 bridgehead atoms. The number of esters is 1. The van der Waals surface area contributed by atoms with Crippen molar-refractivity contribution in [3.8, 4) is 0 Å². The average Bonchev–Trinajstić information content (AvgIpc) is 2.43. The van der Waals surface area contributed by atoms with Gasteiger partial charge in [0.2, 0.25) is 0 Å². The molecule has 4 heteroatoms.